The molecule has 0 atom stereocenters. The predicted molar refractivity (Wildman–Crippen MR) is 64.7 cm³/mol. The number of nitrogens with one attached hydrogen (secondary N) is 1. The fraction of sp³-hybridized carbons (Fsp3) is 0.182. The molecule has 0 fully saturated rings. The van der Waals surface area contributed by atoms with E-state index in [1.54, 1.807) is 13.2 Å². The first-order chi connectivity index (χ1) is 7.63. The van der Waals surface area contributed by atoms with Crippen molar-refractivity contribution in [3.05, 3.63) is 28.8 Å². The Bertz CT molecular complexity index is 522. The highest BCUT2D eigenvalue weighted by Crippen LogP contribution is 2.37. The Morgan fingerprint density at radius 1 is 1.44 bits per heavy atom. The van der Waals surface area contributed by atoms with Crippen molar-refractivity contribution in [3.63, 3.8) is 0 Å². The largest absolute Gasteiger partial charge is 0.495 e. The molecule has 2 rings (SSSR count). The smallest absolute Gasteiger partial charge is 0.145 e. The summed E-state index contributed by atoms with van der Waals surface area (Å²) in [6.07, 6.45) is 0. The molecule has 2 aromatic rings. The standard InChI is InChI=1S/C11H12ClN3O/c1-6-3-4-8(16-2)11(12)10(6)7-5-9(13)15-14-7/h3-5H,1-2H3,(H3,13,14,15). The summed E-state index contributed by atoms with van der Waals surface area (Å²) in [4.78, 5) is 0. The van der Waals surface area contributed by atoms with Gasteiger partial charge in [0, 0.05) is 11.6 Å². The molecule has 0 aliphatic rings. The Morgan fingerprint density at radius 2 is 2.19 bits per heavy atom. The van der Waals surface area contributed by atoms with E-state index in [-0.39, 0.29) is 0 Å². The average Bonchev–Trinajstić information content (AvgIpc) is 2.65. The maximum atomic E-state index is 6.24. The molecule has 0 aliphatic heterocycles. The summed E-state index contributed by atoms with van der Waals surface area (Å²) in [5.41, 5.74) is 8.26. The molecule has 1 aromatic carbocycles. The van der Waals surface area contributed by atoms with Crippen LogP contribution in [0.25, 0.3) is 11.3 Å². The second kappa shape index (κ2) is 4.06. The predicted octanol–water partition coefficient (Wildman–Crippen LogP) is 2.63. The van der Waals surface area contributed by atoms with Gasteiger partial charge < -0.3 is 10.5 Å². The summed E-state index contributed by atoms with van der Waals surface area (Å²) >= 11 is 6.24. The number of ether oxygens (including phenoxy) is 1. The van der Waals surface area contributed by atoms with Crippen LogP contribution in [0.1, 0.15) is 5.56 Å². The lowest BCUT2D eigenvalue weighted by atomic mass is 10.1. The van der Waals surface area contributed by atoms with Crippen molar-refractivity contribution < 1.29 is 4.74 Å². The molecule has 0 bridgehead atoms. The van der Waals surface area contributed by atoms with Crippen LogP contribution < -0.4 is 10.5 Å². The van der Waals surface area contributed by atoms with Crippen LogP contribution in [-0.2, 0) is 0 Å². The van der Waals surface area contributed by atoms with Crippen molar-refractivity contribution in [2.45, 2.75) is 6.92 Å². The minimum absolute atomic E-state index is 0.438. The summed E-state index contributed by atoms with van der Waals surface area (Å²) < 4.78 is 5.17. The molecular weight excluding hydrogens is 226 g/mol. The summed E-state index contributed by atoms with van der Waals surface area (Å²) in [7, 11) is 1.58. The van der Waals surface area contributed by atoms with Crippen molar-refractivity contribution in [1.82, 2.24) is 10.2 Å². The SMILES string of the molecule is COc1ccc(C)c(-c2cc(N)n[nH]2)c1Cl. The number of aromatic amines is 1. The van der Waals surface area contributed by atoms with Crippen LogP contribution in [0, 0.1) is 6.92 Å². The zero-order chi connectivity index (χ0) is 11.7. The Balaban J connectivity index is 2.63. The van der Waals surface area contributed by atoms with Gasteiger partial charge in [-0.25, -0.2) is 0 Å². The second-order valence-corrected chi connectivity index (χ2v) is 3.86. The molecule has 0 saturated carbocycles. The summed E-state index contributed by atoms with van der Waals surface area (Å²) in [6.45, 7) is 1.97. The molecule has 5 heteroatoms. The first-order valence-corrected chi connectivity index (χ1v) is 5.15. The van der Waals surface area contributed by atoms with E-state index < -0.39 is 0 Å². The van der Waals surface area contributed by atoms with Crippen molar-refractivity contribution in [2.75, 3.05) is 12.8 Å². The molecule has 0 unspecified atom stereocenters. The Labute approximate surface area is 98.4 Å². The minimum Gasteiger partial charge on any atom is -0.495 e. The van der Waals surface area contributed by atoms with E-state index in [9.17, 15) is 0 Å². The van der Waals surface area contributed by atoms with Crippen LogP contribution in [0.15, 0.2) is 18.2 Å². The number of rotatable bonds is 2. The zero-order valence-electron chi connectivity index (χ0n) is 9.04. The van der Waals surface area contributed by atoms with Crippen molar-refractivity contribution >= 4 is 17.4 Å². The fourth-order valence-corrected chi connectivity index (χ4v) is 2.00. The van der Waals surface area contributed by atoms with Gasteiger partial charge in [-0.1, -0.05) is 17.7 Å². The number of nitrogen functional groups attached to an aromatic ring is 1. The van der Waals surface area contributed by atoms with Gasteiger partial charge in [0.25, 0.3) is 0 Å². The van der Waals surface area contributed by atoms with Crippen molar-refractivity contribution in [3.8, 4) is 17.0 Å². The van der Waals surface area contributed by atoms with Gasteiger partial charge in [-0.05, 0) is 18.6 Å². The highest BCUT2D eigenvalue weighted by Gasteiger charge is 2.13. The lowest BCUT2D eigenvalue weighted by Gasteiger charge is -2.10. The third kappa shape index (κ3) is 1.72. The second-order valence-electron chi connectivity index (χ2n) is 3.48. The molecule has 4 nitrogen and oxygen atoms in total. The molecule has 0 saturated heterocycles. The Kier molecular flexibility index (Phi) is 2.75. The molecule has 84 valence electrons. The van der Waals surface area contributed by atoms with Gasteiger partial charge in [-0.2, -0.15) is 5.10 Å². The van der Waals surface area contributed by atoms with E-state index in [1.165, 1.54) is 0 Å². The van der Waals surface area contributed by atoms with E-state index in [2.05, 4.69) is 10.2 Å². The molecule has 0 spiro atoms. The molecule has 1 heterocycles. The maximum Gasteiger partial charge on any atom is 0.145 e. The van der Waals surface area contributed by atoms with Crippen LogP contribution in [0.4, 0.5) is 5.82 Å². The lowest BCUT2D eigenvalue weighted by molar-refractivity contribution is 0.415. The Morgan fingerprint density at radius 3 is 2.75 bits per heavy atom. The van der Waals surface area contributed by atoms with Crippen LogP contribution in [0.3, 0.4) is 0 Å². The maximum absolute atomic E-state index is 6.24. The molecule has 3 N–H and O–H groups in total. The third-order valence-corrected chi connectivity index (χ3v) is 2.78. The highest BCUT2D eigenvalue weighted by atomic mass is 35.5. The van der Waals surface area contributed by atoms with Gasteiger partial charge in [-0.3, -0.25) is 5.10 Å². The van der Waals surface area contributed by atoms with E-state index in [1.807, 2.05) is 19.1 Å². The normalized spacial score (nSPS) is 10.4. The zero-order valence-corrected chi connectivity index (χ0v) is 9.80. The van der Waals surface area contributed by atoms with E-state index in [0.29, 0.717) is 16.6 Å². The molecule has 1 aromatic heterocycles. The van der Waals surface area contributed by atoms with E-state index >= 15 is 0 Å². The monoisotopic (exact) mass is 237 g/mol. The number of benzene rings is 1. The van der Waals surface area contributed by atoms with Crippen LogP contribution in [0.2, 0.25) is 5.02 Å². The quantitative estimate of drug-likeness (QED) is 0.844. The van der Waals surface area contributed by atoms with Gasteiger partial charge in [0.15, 0.2) is 0 Å². The molecular formula is C11H12ClN3O. The number of nitrogens with two attached hydrogens (primary N) is 1. The van der Waals surface area contributed by atoms with Crippen molar-refractivity contribution in [2.24, 2.45) is 0 Å². The van der Waals surface area contributed by atoms with Gasteiger partial charge in [0.1, 0.15) is 11.6 Å². The van der Waals surface area contributed by atoms with Crippen molar-refractivity contribution in [1.29, 1.82) is 0 Å². The topological polar surface area (TPSA) is 63.9 Å². The number of methoxy groups -OCH3 is 1. The molecule has 0 radical (unpaired) electrons. The van der Waals surface area contributed by atoms with Gasteiger partial charge in [0.05, 0.1) is 17.8 Å². The number of anilines is 1. The fourth-order valence-electron chi connectivity index (χ4n) is 1.61. The molecule has 0 amide bonds. The van der Waals surface area contributed by atoms with Crippen LogP contribution >= 0.6 is 11.6 Å². The molecule has 0 aliphatic carbocycles. The summed E-state index contributed by atoms with van der Waals surface area (Å²) in [5, 5.41) is 7.28. The first kappa shape index (κ1) is 10.8. The third-order valence-electron chi connectivity index (χ3n) is 2.40. The lowest BCUT2D eigenvalue weighted by Crippen LogP contribution is -1.90. The summed E-state index contributed by atoms with van der Waals surface area (Å²) in [5.74, 6) is 1.07. The number of halogens is 1. The number of H-pyrrole nitrogens is 1. The first-order valence-electron chi connectivity index (χ1n) is 4.78. The van der Waals surface area contributed by atoms with Gasteiger partial charge in [-0.15, -0.1) is 0 Å². The Hall–Kier alpha value is -1.68. The van der Waals surface area contributed by atoms with E-state index in [0.717, 1.165) is 16.8 Å². The molecule has 16 heavy (non-hydrogen) atoms. The van der Waals surface area contributed by atoms with Crippen LogP contribution in [0.5, 0.6) is 5.75 Å². The minimum atomic E-state index is 0.438. The van der Waals surface area contributed by atoms with Gasteiger partial charge in [0.2, 0.25) is 0 Å². The number of hydrogen-bond donors (Lipinski definition) is 2. The van der Waals surface area contributed by atoms with Gasteiger partial charge >= 0.3 is 0 Å². The number of nitrogens with zero attached hydrogens (tertiary/aromatic N) is 1. The number of hydrogen-bond acceptors (Lipinski definition) is 3. The van der Waals surface area contributed by atoms with Crippen LogP contribution in [-0.4, -0.2) is 17.3 Å². The summed E-state index contributed by atoms with van der Waals surface area (Å²) in [6, 6.07) is 5.52. The average molecular weight is 238 g/mol. The number of aryl methyl sites for hydroxylation is 1. The van der Waals surface area contributed by atoms with E-state index in [4.69, 9.17) is 22.1 Å². The number of aromatic nitrogens is 2. The highest BCUT2D eigenvalue weighted by molar-refractivity contribution is 6.35.